The summed E-state index contributed by atoms with van der Waals surface area (Å²) >= 11 is 0. The van der Waals surface area contributed by atoms with Crippen LogP contribution >= 0.6 is 0 Å². The standard InChI is InChI=1S/C17H17N5/c18-10-15(11-19)17(12-20)22-16-3-1-13(2-4-16)9-14-5-7-21-8-6-14/h1-4,14,21-22H,5-9H2. The second kappa shape index (κ2) is 7.84. The van der Waals surface area contributed by atoms with Gasteiger partial charge in [-0.2, -0.15) is 15.8 Å². The van der Waals surface area contributed by atoms with E-state index in [0.29, 0.717) is 5.69 Å². The molecule has 22 heavy (non-hydrogen) atoms. The Bertz CT molecular complexity index is 645. The minimum atomic E-state index is -0.207. The van der Waals surface area contributed by atoms with Crippen molar-refractivity contribution in [1.29, 1.82) is 15.8 Å². The van der Waals surface area contributed by atoms with Crippen LogP contribution in [0.1, 0.15) is 18.4 Å². The zero-order chi connectivity index (χ0) is 15.8. The van der Waals surface area contributed by atoms with Gasteiger partial charge in [-0.15, -0.1) is 0 Å². The van der Waals surface area contributed by atoms with Gasteiger partial charge >= 0.3 is 0 Å². The summed E-state index contributed by atoms with van der Waals surface area (Å²) in [6, 6.07) is 13.1. The number of nitriles is 3. The van der Waals surface area contributed by atoms with E-state index in [1.165, 1.54) is 18.4 Å². The molecule has 1 aromatic rings. The Morgan fingerprint density at radius 3 is 2.23 bits per heavy atom. The zero-order valence-electron chi connectivity index (χ0n) is 12.3. The van der Waals surface area contributed by atoms with E-state index >= 15 is 0 Å². The molecule has 1 aliphatic rings. The van der Waals surface area contributed by atoms with Gasteiger partial charge in [0.05, 0.1) is 0 Å². The number of nitrogens with zero attached hydrogens (tertiary/aromatic N) is 3. The van der Waals surface area contributed by atoms with E-state index in [-0.39, 0.29) is 11.3 Å². The predicted octanol–water partition coefficient (Wildman–Crippen LogP) is 2.47. The first-order chi connectivity index (χ1) is 10.8. The van der Waals surface area contributed by atoms with Gasteiger partial charge in [0.25, 0.3) is 0 Å². The zero-order valence-corrected chi connectivity index (χ0v) is 12.3. The first kappa shape index (κ1) is 15.6. The third-order valence-electron chi connectivity index (χ3n) is 3.79. The number of nitrogens with one attached hydrogen (secondary N) is 2. The Labute approximate surface area is 130 Å². The maximum atomic E-state index is 9.01. The van der Waals surface area contributed by atoms with E-state index in [0.717, 1.165) is 25.4 Å². The van der Waals surface area contributed by atoms with Gasteiger partial charge in [-0.25, -0.2) is 0 Å². The van der Waals surface area contributed by atoms with Crippen LogP contribution in [0.25, 0.3) is 0 Å². The molecule has 0 bridgehead atoms. The lowest BCUT2D eigenvalue weighted by Gasteiger charge is -2.22. The first-order valence-electron chi connectivity index (χ1n) is 7.28. The molecule has 1 heterocycles. The number of hydrogen-bond donors (Lipinski definition) is 2. The number of piperidine rings is 1. The number of hydrogen-bond acceptors (Lipinski definition) is 5. The molecular weight excluding hydrogens is 274 g/mol. The van der Waals surface area contributed by atoms with Crippen LogP contribution in [0, 0.1) is 39.9 Å². The van der Waals surface area contributed by atoms with Gasteiger partial charge in [0.15, 0.2) is 5.57 Å². The SMILES string of the molecule is N#CC(C#N)=C(C#N)Nc1ccc(CC2CCNCC2)cc1. The van der Waals surface area contributed by atoms with Crippen LogP contribution in [-0.2, 0) is 6.42 Å². The van der Waals surface area contributed by atoms with Gasteiger partial charge in [0, 0.05) is 5.69 Å². The molecule has 0 saturated carbocycles. The summed E-state index contributed by atoms with van der Waals surface area (Å²) < 4.78 is 0. The fraction of sp³-hybridized carbons (Fsp3) is 0.353. The quantitative estimate of drug-likeness (QED) is 0.831. The van der Waals surface area contributed by atoms with E-state index in [9.17, 15) is 0 Å². The molecule has 0 aromatic heterocycles. The van der Waals surface area contributed by atoms with Gasteiger partial charge in [-0.05, 0) is 56.0 Å². The van der Waals surface area contributed by atoms with E-state index in [4.69, 9.17) is 15.8 Å². The molecule has 0 unspecified atom stereocenters. The molecule has 0 amide bonds. The maximum absolute atomic E-state index is 9.01. The van der Waals surface area contributed by atoms with Crippen LogP contribution in [0.3, 0.4) is 0 Å². The average Bonchev–Trinajstić information content (AvgIpc) is 2.57. The molecule has 0 atom stereocenters. The third kappa shape index (κ3) is 4.09. The number of anilines is 1. The number of benzene rings is 1. The maximum Gasteiger partial charge on any atom is 0.163 e. The molecule has 0 radical (unpaired) electrons. The van der Waals surface area contributed by atoms with Crippen molar-refractivity contribution in [1.82, 2.24) is 5.32 Å². The monoisotopic (exact) mass is 291 g/mol. The summed E-state index contributed by atoms with van der Waals surface area (Å²) in [7, 11) is 0. The van der Waals surface area contributed by atoms with Crippen molar-refractivity contribution in [2.45, 2.75) is 19.3 Å². The second-order valence-electron chi connectivity index (χ2n) is 5.30. The van der Waals surface area contributed by atoms with Crippen LogP contribution < -0.4 is 10.6 Å². The lowest BCUT2D eigenvalue weighted by Crippen LogP contribution is -2.28. The average molecular weight is 291 g/mol. The topological polar surface area (TPSA) is 95.4 Å². The number of rotatable bonds is 4. The fourth-order valence-corrected chi connectivity index (χ4v) is 2.57. The highest BCUT2D eigenvalue weighted by atomic mass is 14.9. The molecule has 5 nitrogen and oxygen atoms in total. The second-order valence-corrected chi connectivity index (χ2v) is 5.30. The van der Waals surface area contributed by atoms with Gasteiger partial charge in [0.2, 0.25) is 0 Å². The highest BCUT2D eigenvalue weighted by Crippen LogP contribution is 2.20. The molecule has 0 spiro atoms. The minimum absolute atomic E-state index is 0.0175. The summed E-state index contributed by atoms with van der Waals surface area (Å²) in [5.74, 6) is 0.721. The summed E-state index contributed by atoms with van der Waals surface area (Å²) in [6.07, 6.45) is 3.47. The largest absolute Gasteiger partial charge is 0.345 e. The van der Waals surface area contributed by atoms with Crippen molar-refractivity contribution in [3.63, 3.8) is 0 Å². The molecule has 1 fully saturated rings. The van der Waals surface area contributed by atoms with Crippen molar-refractivity contribution >= 4 is 5.69 Å². The van der Waals surface area contributed by atoms with Gasteiger partial charge in [-0.3, -0.25) is 0 Å². The molecule has 1 aromatic carbocycles. The highest BCUT2D eigenvalue weighted by molar-refractivity contribution is 5.58. The summed E-state index contributed by atoms with van der Waals surface area (Å²) in [6.45, 7) is 2.18. The van der Waals surface area contributed by atoms with Gasteiger partial charge in [0.1, 0.15) is 23.9 Å². The Hall–Kier alpha value is -2.81. The van der Waals surface area contributed by atoms with Crippen LogP contribution in [-0.4, -0.2) is 13.1 Å². The molecule has 2 rings (SSSR count). The van der Waals surface area contributed by atoms with Gasteiger partial charge in [-0.1, -0.05) is 12.1 Å². The smallest absolute Gasteiger partial charge is 0.163 e. The van der Waals surface area contributed by atoms with Crippen molar-refractivity contribution < 1.29 is 0 Å². The molecule has 0 aliphatic carbocycles. The first-order valence-corrected chi connectivity index (χ1v) is 7.28. The van der Waals surface area contributed by atoms with E-state index in [1.54, 1.807) is 12.1 Å². The van der Waals surface area contributed by atoms with E-state index < -0.39 is 0 Å². The lowest BCUT2D eigenvalue weighted by molar-refractivity contribution is 0.372. The van der Waals surface area contributed by atoms with Crippen LogP contribution in [0.15, 0.2) is 35.5 Å². The molecule has 1 saturated heterocycles. The minimum Gasteiger partial charge on any atom is -0.345 e. The molecule has 5 heteroatoms. The normalized spacial score (nSPS) is 14.2. The lowest BCUT2D eigenvalue weighted by atomic mass is 9.91. The molecule has 1 aliphatic heterocycles. The van der Waals surface area contributed by atoms with Crippen molar-refractivity contribution in [3.05, 3.63) is 41.1 Å². The van der Waals surface area contributed by atoms with Crippen LogP contribution in [0.4, 0.5) is 5.69 Å². The molecular formula is C17H17N5. The Morgan fingerprint density at radius 1 is 1.05 bits per heavy atom. The third-order valence-corrected chi connectivity index (χ3v) is 3.79. The van der Waals surface area contributed by atoms with Gasteiger partial charge < -0.3 is 10.6 Å². The van der Waals surface area contributed by atoms with Crippen molar-refractivity contribution in [2.75, 3.05) is 18.4 Å². The molecule has 110 valence electrons. The molecule has 2 N–H and O–H groups in total. The van der Waals surface area contributed by atoms with Crippen molar-refractivity contribution in [2.24, 2.45) is 5.92 Å². The Morgan fingerprint density at radius 2 is 1.68 bits per heavy atom. The highest BCUT2D eigenvalue weighted by Gasteiger charge is 2.13. The van der Waals surface area contributed by atoms with E-state index in [1.807, 2.05) is 30.3 Å². The van der Waals surface area contributed by atoms with Crippen LogP contribution in [0.5, 0.6) is 0 Å². The summed E-state index contributed by atoms with van der Waals surface area (Å²) in [4.78, 5) is 0. The van der Waals surface area contributed by atoms with Crippen LogP contribution in [0.2, 0.25) is 0 Å². The fourth-order valence-electron chi connectivity index (χ4n) is 2.57. The summed E-state index contributed by atoms with van der Waals surface area (Å²) in [5, 5.41) is 32.8. The summed E-state index contributed by atoms with van der Waals surface area (Å²) in [5.41, 5.74) is 1.74. The predicted molar refractivity (Wildman–Crippen MR) is 83.2 cm³/mol. The van der Waals surface area contributed by atoms with Crippen molar-refractivity contribution in [3.8, 4) is 18.2 Å². The Kier molecular flexibility index (Phi) is 5.55. The number of allylic oxidation sites excluding steroid dienone is 2. The van der Waals surface area contributed by atoms with E-state index in [2.05, 4.69) is 10.6 Å². The Balaban J connectivity index is 2.03.